The van der Waals surface area contributed by atoms with Crippen molar-refractivity contribution in [3.63, 3.8) is 0 Å². The summed E-state index contributed by atoms with van der Waals surface area (Å²) < 4.78 is 48.6. The van der Waals surface area contributed by atoms with Crippen LogP contribution in [0.3, 0.4) is 0 Å². The largest absolute Gasteiger partial charge is 0.444 e. The van der Waals surface area contributed by atoms with E-state index in [0.717, 1.165) is 7.11 Å². The van der Waals surface area contributed by atoms with Crippen LogP contribution in [0, 0.1) is 0 Å². The minimum atomic E-state index is -4.43. The van der Waals surface area contributed by atoms with Crippen LogP contribution in [0.1, 0.15) is 33.6 Å². The molecule has 1 rings (SSSR count). The summed E-state index contributed by atoms with van der Waals surface area (Å²) in [5.74, 6) is 0. The summed E-state index contributed by atoms with van der Waals surface area (Å²) in [7, 11) is 1.05. The number of rotatable bonds is 1. The van der Waals surface area contributed by atoms with Crippen LogP contribution in [-0.2, 0) is 9.47 Å². The number of piperidine rings is 1. The Balaban J connectivity index is 2.64. The number of hydrogen-bond donors (Lipinski definition) is 0. The quantitative estimate of drug-likeness (QED) is 0.742. The lowest BCUT2D eigenvalue weighted by molar-refractivity contribution is -0.281. The molecule has 1 fully saturated rings. The SMILES string of the molecule is COC1(C(F)(F)F)CCN(C(=O)OC(C)(C)C)CC1. The average molecular weight is 283 g/mol. The molecule has 0 radical (unpaired) electrons. The van der Waals surface area contributed by atoms with Gasteiger partial charge in [0.2, 0.25) is 0 Å². The number of hydrogen-bond acceptors (Lipinski definition) is 3. The highest BCUT2D eigenvalue weighted by atomic mass is 19.4. The van der Waals surface area contributed by atoms with Crippen LogP contribution in [0.5, 0.6) is 0 Å². The van der Waals surface area contributed by atoms with E-state index >= 15 is 0 Å². The third kappa shape index (κ3) is 3.75. The molecular weight excluding hydrogens is 263 g/mol. The van der Waals surface area contributed by atoms with Gasteiger partial charge in [-0.2, -0.15) is 13.2 Å². The van der Waals surface area contributed by atoms with E-state index in [4.69, 9.17) is 4.74 Å². The van der Waals surface area contributed by atoms with E-state index in [1.165, 1.54) is 4.90 Å². The van der Waals surface area contributed by atoms with Gasteiger partial charge in [0, 0.05) is 33.0 Å². The Bertz CT molecular complexity index is 328. The molecule has 0 N–H and O–H groups in total. The number of ether oxygens (including phenoxy) is 2. The van der Waals surface area contributed by atoms with Gasteiger partial charge in [-0.1, -0.05) is 0 Å². The molecule has 1 aliphatic rings. The normalized spacial score (nSPS) is 20.3. The van der Waals surface area contributed by atoms with E-state index in [1.807, 2.05) is 0 Å². The Morgan fingerprint density at radius 1 is 1.16 bits per heavy atom. The molecule has 19 heavy (non-hydrogen) atoms. The molecule has 0 atom stereocenters. The molecule has 0 bridgehead atoms. The molecule has 1 amide bonds. The first kappa shape index (κ1) is 16.1. The number of alkyl halides is 3. The van der Waals surface area contributed by atoms with Gasteiger partial charge in [0.15, 0.2) is 5.60 Å². The number of likely N-dealkylation sites (tertiary alicyclic amines) is 1. The van der Waals surface area contributed by atoms with Gasteiger partial charge in [-0.05, 0) is 20.8 Å². The van der Waals surface area contributed by atoms with Gasteiger partial charge in [-0.15, -0.1) is 0 Å². The number of amides is 1. The summed E-state index contributed by atoms with van der Waals surface area (Å²) in [6.45, 7) is 5.09. The van der Waals surface area contributed by atoms with Crippen LogP contribution in [0.4, 0.5) is 18.0 Å². The molecular formula is C12H20F3NO3. The van der Waals surface area contributed by atoms with E-state index in [-0.39, 0.29) is 25.9 Å². The lowest BCUT2D eigenvalue weighted by atomic mass is 9.90. The standard InChI is InChI=1S/C12H20F3NO3/c1-10(2,3)19-9(17)16-7-5-11(18-4,6-8-16)12(13,14)15/h5-8H2,1-4H3. The third-order valence-corrected chi connectivity index (χ3v) is 3.13. The van der Waals surface area contributed by atoms with Gasteiger partial charge < -0.3 is 14.4 Å². The second-order valence-electron chi connectivity index (χ2n) is 5.66. The second kappa shape index (κ2) is 5.19. The Morgan fingerprint density at radius 2 is 1.63 bits per heavy atom. The van der Waals surface area contributed by atoms with Crippen molar-refractivity contribution in [2.45, 2.75) is 51.0 Å². The third-order valence-electron chi connectivity index (χ3n) is 3.13. The van der Waals surface area contributed by atoms with Gasteiger partial charge >= 0.3 is 12.3 Å². The van der Waals surface area contributed by atoms with Gasteiger partial charge in [0.05, 0.1) is 0 Å². The molecule has 112 valence electrons. The van der Waals surface area contributed by atoms with Gasteiger partial charge in [0.25, 0.3) is 0 Å². The van der Waals surface area contributed by atoms with Crippen molar-refractivity contribution in [1.29, 1.82) is 0 Å². The topological polar surface area (TPSA) is 38.8 Å². The minimum Gasteiger partial charge on any atom is -0.444 e. The van der Waals surface area contributed by atoms with Crippen molar-refractivity contribution in [1.82, 2.24) is 4.90 Å². The first-order valence-electron chi connectivity index (χ1n) is 6.10. The number of carbonyl (C=O) groups is 1. The molecule has 0 spiro atoms. The van der Waals surface area contributed by atoms with Crippen LogP contribution in [0.25, 0.3) is 0 Å². The lowest BCUT2D eigenvalue weighted by Crippen LogP contribution is -2.56. The summed E-state index contributed by atoms with van der Waals surface area (Å²) in [6, 6.07) is 0. The molecule has 0 saturated carbocycles. The van der Waals surface area contributed by atoms with Crippen molar-refractivity contribution < 1.29 is 27.4 Å². The number of methoxy groups -OCH3 is 1. The van der Waals surface area contributed by atoms with E-state index in [1.54, 1.807) is 20.8 Å². The monoisotopic (exact) mass is 283 g/mol. The summed E-state index contributed by atoms with van der Waals surface area (Å²) >= 11 is 0. The van der Waals surface area contributed by atoms with E-state index < -0.39 is 23.5 Å². The Kier molecular flexibility index (Phi) is 4.39. The van der Waals surface area contributed by atoms with Crippen molar-refractivity contribution in [2.24, 2.45) is 0 Å². The zero-order chi connectivity index (χ0) is 14.9. The highest BCUT2D eigenvalue weighted by molar-refractivity contribution is 5.68. The number of halogens is 3. The Hall–Kier alpha value is -0.980. The summed E-state index contributed by atoms with van der Waals surface area (Å²) in [4.78, 5) is 13.0. The molecule has 0 aliphatic carbocycles. The van der Waals surface area contributed by atoms with E-state index in [0.29, 0.717) is 0 Å². The lowest BCUT2D eigenvalue weighted by Gasteiger charge is -2.41. The smallest absolute Gasteiger partial charge is 0.417 e. The highest BCUT2D eigenvalue weighted by Crippen LogP contribution is 2.41. The minimum absolute atomic E-state index is 0.0255. The summed E-state index contributed by atoms with van der Waals surface area (Å²) in [5.41, 5.74) is -2.80. The second-order valence-corrected chi connectivity index (χ2v) is 5.66. The zero-order valence-electron chi connectivity index (χ0n) is 11.6. The van der Waals surface area contributed by atoms with Crippen molar-refractivity contribution in [3.8, 4) is 0 Å². The summed E-state index contributed by atoms with van der Waals surface area (Å²) in [6.07, 6.45) is -5.56. The van der Waals surface area contributed by atoms with Gasteiger partial charge in [-0.25, -0.2) is 4.79 Å². The molecule has 0 aromatic carbocycles. The molecule has 1 heterocycles. The highest BCUT2D eigenvalue weighted by Gasteiger charge is 2.56. The molecule has 0 aromatic rings. The Labute approximate surface area is 110 Å². The van der Waals surface area contributed by atoms with E-state index in [9.17, 15) is 18.0 Å². The van der Waals surface area contributed by atoms with E-state index in [2.05, 4.69) is 4.74 Å². The van der Waals surface area contributed by atoms with Crippen LogP contribution < -0.4 is 0 Å². The summed E-state index contributed by atoms with van der Waals surface area (Å²) in [5, 5.41) is 0. The zero-order valence-corrected chi connectivity index (χ0v) is 11.6. The van der Waals surface area contributed by atoms with Gasteiger partial charge in [0.1, 0.15) is 5.60 Å². The van der Waals surface area contributed by atoms with Gasteiger partial charge in [-0.3, -0.25) is 0 Å². The fraction of sp³-hybridized carbons (Fsp3) is 0.917. The fourth-order valence-electron chi connectivity index (χ4n) is 1.98. The predicted octanol–water partition coefficient (Wildman–Crippen LogP) is 2.96. The van der Waals surface area contributed by atoms with Crippen LogP contribution in [-0.4, -0.2) is 48.6 Å². The fourth-order valence-corrected chi connectivity index (χ4v) is 1.98. The maximum Gasteiger partial charge on any atom is 0.417 e. The predicted molar refractivity (Wildman–Crippen MR) is 62.8 cm³/mol. The molecule has 1 aliphatic heterocycles. The van der Waals surface area contributed by atoms with Crippen LogP contribution in [0.15, 0.2) is 0 Å². The number of carbonyl (C=O) groups excluding carboxylic acids is 1. The van der Waals surface area contributed by atoms with Crippen molar-refractivity contribution in [3.05, 3.63) is 0 Å². The van der Waals surface area contributed by atoms with Crippen molar-refractivity contribution >= 4 is 6.09 Å². The first-order chi connectivity index (χ1) is 8.51. The average Bonchev–Trinajstić information content (AvgIpc) is 2.25. The van der Waals surface area contributed by atoms with Crippen LogP contribution in [0.2, 0.25) is 0 Å². The maximum absolute atomic E-state index is 12.9. The molecule has 4 nitrogen and oxygen atoms in total. The number of nitrogens with zero attached hydrogens (tertiary/aromatic N) is 1. The molecule has 1 saturated heterocycles. The molecule has 0 unspecified atom stereocenters. The molecule has 0 aromatic heterocycles. The van der Waals surface area contributed by atoms with Crippen molar-refractivity contribution in [2.75, 3.05) is 20.2 Å². The first-order valence-corrected chi connectivity index (χ1v) is 6.10. The van der Waals surface area contributed by atoms with Crippen LogP contribution >= 0.6 is 0 Å². The Morgan fingerprint density at radius 3 is 1.95 bits per heavy atom. The maximum atomic E-state index is 12.9. The molecule has 7 heteroatoms.